The molecule has 0 spiro atoms. The lowest BCUT2D eigenvalue weighted by Crippen LogP contribution is -2.25. The van der Waals surface area contributed by atoms with Crippen molar-refractivity contribution in [3.63, 3.8) is 0 Å². The average Bonchev–Trinajstić information content (AvgIpc) is 2.57. The maximum atomic E-state index is 11.7. The Morgan fingerprint density at radius 3 is 2.78 bits per heavy atom. The Kier molecular flexibility index (Phi) is 3.07. The first-order chi connectivity index (χ1) is 8.35. The van der Waals surface area contributed by atoms with Gasteiger partial charge in [-0.1, -0.05) is 0 Å². The van der Waals surface area contributed by atoms with E-state index in [0.29, 0.717) is 11.3 Å². The highest BCUT2D eigenvalue weighted by molar-refractivity contribution is 5.75. The van der Waals surface area contributed by atoms with Crippen LogP contribution in [0.5, 0.6) is 0 Å². The summed E-state index contributed by atoms with van der Waals surface area (Å²) in [7, 11) is 1.91. The summed E-state index contributed by atoms with van der Waals surface area (Å²) in [6.07, 6.45) is 1.87. The molecular weight excluding hydrogens is 230 g/mol. The fraction of sp³-hybridized carbons (Fsp3) is 0.462. The van der Waals surface area contributed by atoms with E-state index >= 15 is 0 Å². The molecule has 96 valence electrons. The molecule has 2 aromatic heterocycles. The normalized spacial score (nSPS) is 11.8. The van der Waals surface area contributed by atoms with Gasteiger partial charge in [0.1, 0.15) is 5.60 Å². The van der Waals surface area contributed by atoms with Gasteiger partial charge in [-0.3, -0.25) is 4.79 Å². The predicted octanol–water partition coefficient (Wildman–Crippen LogP) is 1.85. The number of carbonyl (C=O) groups excluding carboxylic acids is 1. The highest BCUT2D eigenvalue weighted by Gasteiger charge is 2.17. The Balaban J connectivity index is 2.15. The number of imidazole rings is 1. The summed E-state index contributed by atoms with van der Waals surface area (Å²) in [6.45, 7) is 5.54. The van der Waals surface area contributed by atoms with E-state index in [4.69, 9.17) is 4.74 Å². The standard InChI is InChI=1S/C13H17N3O2/c1-13(2,3)18-11(17)7-9-5-6-10-12(15-9)14-8-16(10)4/h5-6,8H,7H2,1-4H3. The van der Waals surface area contributed by atoms with E-state index in [-0.39, 0.29) is 12.4 Å². The molecule has 5 nitrogen and oxygen atoms in total. The first kappa shape index (κ1) is 12.5. The van der Waals surface area contributed by atoms with Crippen molar-refractivity contribution in [1.82, 2.24) is 14.5 Å². The summed E-state index contributed by atoms with van der Waals surface area (Å²) in [4.78, 5) is 20.2. The number of aromatic nitrogens is 3. The van der Waals surface area contributed by atoms with Crippen molar-refractivity contribution < 1.29 is 9.53 Å². The van der Waals surface area contributed by atoms with Gasteiger partial charge in [0, 0.05) is 7.05 Å². The lowest BCUT2D eigenvalue weighted by molar-refractivity contribution is -0.153. The number of nitrogens with zero attached hydrogens (tertiary/aromatic N) is 3. The van der Waals surface area contributed by atoms with E-state index in [0.717, 1.165) is 5.52 Å². The minimum Gasteiger partial charge on any atom is -0.460 e. The van der Waals surface area contributed by atoms with Crippen molar-refractivity contribution in [2.24, 2.45) is 7.05 Å². The Morgan fingerprint density at radius 1 is 1.39 bits per heavy atom. The minimum atomic E-state index is -0.466. The maximum absolute atomic E-state index is 11.7. The molecule has 0 unspecified atom stereocenters. The summed E-state index contributed by atoms with van der Waals surface area (Å²) in [5.74, 6) is -0.273. The van der Waals surface area contributed by atoms with Crippen LogP contribution in [0.4, 0.5) is 0 Å². The quantitative estimate of drug-likeness (QED) is 0.760. The predicted molar refractivity (Wildman–Crippen MR) is 68.1 cm³/mol. The molecule has 0 fully saturated rings. The summed E-state index contributed by atoms with van der Waals surface area (Å²) in [6, 6.07) is 3.74. The van der Waals surface area contributed by atoms with Crippen LogP contribution in [0, 0.1) is 0 Å². The lowest BCUT2D eigenvalue weighted by atomic mass is 10.2. The van der Waals surface area contributed by atoms with Gasteiger partial charge in [0.05, 0.1) is 24.0 Å². The first-order valence-electron chi connectivity index (χ1n) is 5.84. The molecule has 2 rings (SSSR count). The molecular formula is C13H17N3O2. The van der Waals surface area contributed by atoms with Crippen LogP contribution in [-0.4, -0.2) is 26.1 Å². The van der Waals surface area contributed by atoms with Crippen LogP contribution < -0.4 is 0 Å². The second kappa shape index (κ2) is 4.40. The van der Waals surface area contributed by atoms with Gasteiger partial charge in [-0.25, -0.2) is 9.97 Å². The highest BCUT2D eigenvalue weighted by atomic mass is 16.6. The van der Waals surface area contributed by atoms with Crippen molar-refractivity contribution in [2.75, 3.05) is 0 Å². The van der Waals surface area contributed by atoms with E-state index in [1.807, 2.05) is 44.5 Å². The zero-order valence-electron chi connectivity index (χ0n) is 11.1. The van der Waals surface area contributed by atoms with Gasteiger partial charge in [0.15, 0.2) is 5.65 Å². The van der Waals surface area contributed by atoms with Crippen molar-refractivity contribution >= 4 is 17.1 Å². The van der Waals surface area contributed by atoms with Crippen LogP contribution in [0.25, 0.3) is 11.2 Å². The number of hydrogen-bond acceptors (Lipinski definition) is 4. The molecule has 0 amide bonds. The van der Waals surface area contributed by atoms with Gasteiger partial charge in [0.2, 0.25) is 0 Å². The molecule has 0 bridgehead atoms. The SMILES string of the molecule is Cn1cnc2nc(CC(=O)OC(C)(C)C)ccc21. The van der Waals surface area contributed by atoms with Crippen molar-refractivity contribution in [3.05, 3.63) is 24.2 Å². The molecule has 0 radical (unpaired) electrons. The maximum Gasteiger partial charge on any atom is 0.312 e. The number of pyridine rings is 1. The van der Waals surface area contributed by atoms with Crippen molar-refractivity contribution in [3.8, 4) is 0 Å². The molecule has 0 saturated carbocycles. The van der Waals surface area contributed by atoms with Crippen LogP contribution in [0.15, 0.2) is 18.5 Å². The largest absolute Gasteiger partial charge is 0.460 e. The Bertz CT molecular complexity index is 581. The van der Waals surface area contributed by atoms with Crippen LogP contribution >= 0.6 is 0 Å². The van der Waals surface area contributed by atoms with Gasteiger partial charge in [-0.05, 0) is 32.9 Å². The summed E-state index contributed by atoms with van der Waals surface area (Å²) < 4.78 is 7.14. The number of hydrogen-bond donors (Lipinski definition) is 0. The molecule has 0 N–H and O–H groups in total. The van der Waals surface area contributed by atoms with E-state index in [1.165, 1.54) is 0 Å². The smallest absolute Gasteiger partial charge is 0.312 e. The van der Waals surface area contributed by atoms with Crippen LogP contribution in [0.3, 0.4) is 0 Å². The topological polar surface area (TPSA) is 57.0 Å². The second-order valence-corrected chi connectivity index (χ2v) is 5.26. The zero-order chi connectivity index (χ0) is 13.3. The Hall–Kier alpha value is -1.91. The fourth-order valence-electron chi connectivity index (χ4n) is 1.68. The number of rotatable bonds is 2. The van der Waals surface area contributed by atoms with Crippen molar-refractivity contribution in [2.45, 2.75) is 32.8 Å². The number of carbonyl (C=O) groups is 1. The number of ether oxygens (including phenoxy) is 1. The lowest BCUT2D eigenvalue weighted by Gasteiger charge is -2.19. The molecule has 0 aliphatic carbocycles. The molecule has 5 heteroatoms. The monoisotopic (exact) mass is 247 g/mol. The van der Waals surface area contributed by atoms with Gasteiger partial charge in [-0.15, -0.1) is 0 Å². The molecule has 0 aromatic carbocycles. The molecule has 2 heterocycles. The molecule has 0 aliphatic rings. The fourth-order valence-corrected chi connectivity index (χ4v) is 1.68. The van der Waals surface area contributed by atoms with Gasteiger partial charge in [-0.2, -0.15) is 0 Å². The number of aryl methyl sites for hydroxylation is 1. The van der Waals surface area contributed by atoms with Gasteiger partial charge < -0.3 is 9.30 Å². The van der Waals surface area contributed by atoms with E-state index < -0.39 is 5.60 Å². The summed E-state index contributed by atoms with van der Waals surface area (Å²) >= 11 is 0. The third-order valence-electron chi connectivity index (χ3n) is 2.39. The third kappa shape index (κ3) is 2.85. The van der Waals surface area contributed by atoms with Crippen LogP contribution in [0.2, 0.25) is 0 Å². The second-order valence-electron chi connectivity index (χ2n) is 5.26. The highest BCUT2D eigenvalue weighted by Crippen LogP contribution is 2.12. The minimum absolute atomic E-state index is 0.170. The van der Waals surface area contributed by atoms with E-state index in [9.17, 15) is 4.79 Å². The molecule has 0 saturated heterocycles. The van der Waals surface area contributed by atoms with Gasteiger partial charge in [0.25, 0.3) is 0 Å². The van der Waals surface area contributed by atoms with Gasteiger partial charge >= 0.3 is 5.97 Å². The number of fused-ring (bicyclic) bond motifs is 1. The zero-order valence-corrected chi connectivity index (χ0v) is 11.1. The molecule has 18 heavy (non-hydrogen) atoms. The van der Waals surface area contributed by atoms with E-state index in [2.05, 4.69) is 9.97 Å². The van der Waals surface area contributed by atoms with Crippen LogP contribution in [0.1, 0.15) is 26.5 Å². The Labute approximate surface area is 106 Å². The van der Waals surface area contributed by atoms with Crippen LogP contribution in [-0.2, 0) is 23.0 Å². The molecule has 0 atom stereocenters. The number of esters is 1. The summed E-state index contributed by atoms with van der Waals surface area (Å²) in [5.41, 5.74) is 1.81. The average molecular weight is 247 g/mol. The third-order valence-corrected chi connectivity index (χ3v) is 2.39. The van der Waals surface area contributed by atoms with Crippen molar-refractivity contribution in [1.29, 1.82) is 0 Å². The molecule has 0 aliphatic heterocycles. The summed E-state index contributed by atoms with van der Waals surface area (Å²) in [5, 5.41) is 0. The first-order valence-corrected chi connectivity index (χ1v) is 5.84. The Morgan fingerprint density at radius 2 is 2.11 bits per heavy atom. The molecule has 2 aromatic rings. The van der Waals surface area contributed by atoms with E-state index in [1.54, 1.807) is 6.33 Å².